The van der Waals surface area contributed by atoms with Crippen LogP contribution in [-0.4, -0.2) is 29.5 Å². The van der Waals surface area contributed by atoms with Gasteiger partial charge in [-0.25, -0.2) is 9.69 Å². The average Bonchev–Trinajstić information content (AvgIpc) is 3.35. The van der Waals surface area contributed by atoms with Crippen molar-refractivity contribution in [2.45, 2.75) is 18.5 Å². The summed E-state index contributed by atoms with van der Waals surface area (Å²) < 4.78 is 5.50. The van der Waals surface area contributed by atoms with Crippen LogP contribution >= 0.6 is 0 Å². The molecule has 0 aromatic heterocycles. The highest BCUT2D eigenvalue weighted by molar-refractivity contribution is 6.24. The van der Waals surface area contributed by atoms with Crippen molar-refractivity contribution in [3.05, 3.63) is 96.1 Å². The predicted octanol–water partition coefficient (Wildman–Crippen LogP) is 3.30. The van der Waals surface area contributed by atoms with Crippen molar-refractivity contribution in [2.24, 2.45) is 11.8 Å². The van der Waals surface area contributed by atoms with Crippen molar-refractivity contribution in [1.29, 1.82) is 0 Å². The van der Waals surface area contributed by atoms with E-state index in [1.165, 1.54) is 17.0 Å². The van der Waals surface area contributed by atoms with E-state index in [0.717, 1.165) is 0 Å². The Hall–Kier alpha value is -3.97. The maximum atomic E-state index is 13.9. The summed E-state index contributed by atoms with van der Waals surface area (Å²) in [5, 5.41) is 13.1. The molecule has 0 saturated carbocycles. The second-order valence-corrected chi connectivity index (χ2v) is 8.46. The molecular formula is C27H24N2O5. The van der Waals surface area contributed by atoms with Gasteiger partial charge < -0.3 is 9.84 Å². The zero-order valence-corrected chi connectivity index (χ0v) is 18.5. The zero-order valence-electron chi connectivity index (χ0n) is 18.5. The number of hydrogen-bond donors (Lipinski definition) is 2. The summed E-state index contributed by atoms with van der Waals surface area (Å²) in [6, 6.07) is 23.4. The number of nitrogens with zero attached hydrogens (tertiary/aromatic N) is 1. The van der Waals surface area contributed by atoms with Crippen LogP contribution in [0.4, 0.5) is 5.69 Å². The molecule has 0 unspecified atom stereocenters. The molecule has 3 aromatic rings. The number of anilines is 1. The summed E-state index contributed by atoms with van der Waals surface area (Å²) >= 11 is 0. The second-order valence-electron chi connectivity index (χ2n) is 8.46. The Bertz CT molecular complexity index is 1230. The first kappa shape index (κ1) is 21.9. The topological polar surface area (TPSA) is 95.9 Å². The summed E-state index contributed by atoms with van der Waals surface area (Å²) in [7, 11) is 0. The van der Waals surface area contributed by atoms with Gasteiger partial charge in [0.15, 0.2) is 5.54 Å². The van der Waals surface area contributed by atoms with E-state index in [-0.39, 0.29) is 18.3 Å². The molecule has 5 rings (SSSR count). The fourth-order valence-corrected chi connectivity index (χ4v) is 5.22. The van der Waals surface area contributed by atoms with Crippen molar-refractivity contribution >= 4 is 23.5 Å². The Morgan fingerprint density at radius 3 is 2.18 bits per heavy atom. The SMILES string of the molecule is CCOC(=O)[C@]1(c2ccccc2)N[C@H](c2ccc(O)cc2)[C@H]2C(=O)N(c3ccccc3)C(=O)[C@H]21. The van der Waals surface area contributed by atoms with Gasteiger partial charge in [-0.15, -0.1) is 0 Å². The number of carbonyl (C=O) groups is 3. The van der Waals surface area contributed by atoms with Crippen LogP contribution in [0.15, 0.2) is 84.9 Å². The molecule has 2 fully saturated rings. The van der Waals surface area contributed by atoms with Gasteiger partial charge in [0.25, 0.3) is 0 Å². The van der Waals surface area contributed by atoms with Gasteiger partial charge in [-0.1, -0.05) is 60.7 Å². The molecule has 0 bridgehead atoms. The third-order valence-corrected chi connectivity index (χ3v) is 6.65. The predicted molar refractivity (Wildman–Crippen MR) is 125 cm³/mol. The molecule has 34 heavy (non-hydrogen) atoms. The largest absolute Gasteiger partial charge is 0.508 e. The third-order valence-electron chi connectivity index (χ3n) is 6.65. The van der Waals surface area contributed by atoms with Gasteiger partial charge in [0.2, 0.25) is 11.8 Å². The van der Waals surface area contributed by atoms with E-state index >= 15 is 0 Å². The van der Waals surface area contributed by atoms with Crippen LogP contribution in [0.1, 0.15) is 24.1 Å². The normalized spacial score (nSPS) is 25.9. The van der Waals surface area contributed by atoms with Crippen LogP contribution in [-0.2, 0) is 24.7 Å². The van der Waals surface area contributed by atoms with Crippen LogP contribution in [0.5, 0.6) is 5.75 Å². The molecule has 7 nitrogen and oxygen atoms in total. The Kier molecular flexibility index (Phi) is 5.42. The lowest BCUT2D eigenvalue weighted by Gasteiger charge is -2.33. The molecule has 2 aliphatic rings. The molecule has 2 aliphatic heterocycles. The molecule has 2 saturated heterocycles. The lowest BCUT2D eigenvalue weighted by molar-refractivity contribution is -0.155. The molecule has 0 aliphatic carbocycles. The summed E-state index contributed by atoms with van der Waals surface area (Å²) in [6.45, 7) is 1.83. The fourth-order valence-electron chi connectivity index (χ4n) is 5.22. The molecule has 0 spiro atoms. The van der Waals surface area contributed by atoms with E-state index in [9.17, 15) is 19.5 Å². The molecule has 2 N–H and O–H groups in total. The minimum Gasteiger partial charge on any atom is -0.508 e. The molecular weight excluding hydrogens is 432 g/mol. The standard InChI is InChI=1S/C27H24N2O5/c1-2-34-26(33)27(18-9-5-3-6-10-18)22-21(23(28-27)17-13-15-20(30)16-14-17)24(31)29(25(22)32)19-11-7-4-8-12-19/h3-16,21-23,28,30H,2H2,1H3/t21-,22-,23+,27+/m0/s1. The second kappa shape index (κ2) is 8.43. The van der Waals surface area contributed by atoms with Crippen molar-refractivity contribution < 1.29 is 24.2 Å². The van der Waals surface area contributed by atoms with Gasteiger partial charge >= 0.3 is 5.97 Å². The maximum Gasteiger partial charge on any atom is 0.331 e. The van der Waals surface area contributed by atoms with Gasteiger partial charge in [-0.05, 0) is 42.3 Å². The number of phenols is 1. The highest BCUT2D eigenvalue weighted by Gasteiger charge is 2.69. The van der Waals surface area contributed by atoms with E-state index in [1.807, 2.05) is 12.1 Å². The van der Waals surface area contributed by atoms with Gasteiger partial charge in [-0.3, -0.25) is 14.9 Å². The number of hydrogen-bond acceptors (Lipinski definition) is 6. The lowest BCUT2D eigenvalue weighted by atomic mass is 9.75. The van der Waals surface area contributed by atoms with Crippen LogP contribution in [0.25, 0.3) is 0 Å². The smallest absolute Gasteiger partial charge is 0.331 e. The Morgan fingerprint density at radius 1 is 0.941 bits per heavy atom. The average molecular weight is 456 g/mol. The summed E-state index contributed by atoms with van der Waals surface area (Å²) in [5.74, 6) is -3.21. The number of fused-ring (bicyclic) bond motifs is 1. The Labute approximate surface area is 197 Å². The first-order valence-electron chi connectivity index (χ1n) is 11.2. The number of carbonyl (C=O) groups excluding carboxylic acids is 3. The number of phenolic OH excluding ortho intramolecular Hbond substituents is 1. The summed E-state index contributed by atoms with van der Waals surface area (Å²) in [5.41, 5.74) is 0.148. The number of benzene rings is 3. The maximum absolute atomic E-state index is 13.9. The van der Waals surface area contributed by atoms with Gasteiger partial charge in [0.1, 0.15) is 5.75 Å². The van der Waals surface area contributed by atoms with Gasteiger partial charge in [0, 0.05) is 6.04 Å². The summed E-state index contributed by atoms with van der Waals surface area (Å²) in [4.78, 5) is 42.6. The monoisotopic (exact) mass is 456 g/mol. The van der Waals surface area contributed by atoms with Crippen molar-refractivity contribution in [1.82, 2.24) is 5.32 Å². The van der Waals surface area contributed by atoms with Crippen LogP contribution in [0.3, 0.4) is 0 Å². The number of imide groups is 1. The number of amides is 2. The first-order chi connectivity index (χ1) is 16.5. The van der Waals surface area contributed by atoms with Crippen LogP contribution in [0.2, 0.25) is 0 Å². The number of nitrogens with one attached hydrogen (secondary N) is 1. The number of esters is 1. The van der Waals surface area contributed by atoms with Crippen molar-refractivity contribution in [2.75, 3.05) is 11.5 Å². The molecule has 3 aromatic carbocycles. The molecule has 2 heterocycles. The zero-order chi connectivity index (χ0) is 23.9. The van der Waals surface area contributed by atoms with Gasteiger partial charge in [-0.2, -0.15) is 0 Å². The molecule has 7 heteroatoms. The fraction of sp³-hybridized carbons (Fsp3) is 0.222. The molecule has 2 amide bonds. The van der Waals surface area contributed by atoms with E-state index in [2.05, 4.69) is 5.32 Å². The third kappa shape index (κ3) is 3.20. The van der Waals surface area contributed by atoms with Crippen molar-refractivity contribution in [3.63, 3.8) is 0 Å². The number of para-hydroxylation sites is 1. The first-order valence-corrected chi connectivity index (χ1v) is 11.2. The van der Waals surface area contributed by atoms with Gasteiger partial charge in [0.05, 0.1) is 24.1 Å². The van der Waals surface area contributed by atoms with E-state index < -0.39 is 35.3 Å². The van der Waals surface area contributed by atoms with E-state index in [1.54, 1.807) is 67.6 Å². The van der Waals surface area contributed by atoms with E-state index in [0.29, 0.717) is 16.8 Å². The quantitative estimate of drug-likeness (QED) is 0.452. The van der Waals surface area contributed by atoms with E-state index in [4.69, 9.17) is 4.74 Å². The Morgan fingerprint density at radius 2 is 1.56 bits per heavy atom. The molecule has 172 valence electrons. The molecule has 4 atom stereocenters. The summed E-state index contributed by atoms with van der Waals surface area (Å²) in [6.07, 6.45) is 0. The highest BCUT2D eigenvalue weighted by Crippen LogP contribution is 2.54. The Balaban J connectivity index is 1.72. The van der Waals surface area contributed by atoms with Crippen LogP contribution < -0.4 is 10.2 Å². The minimum atomic E-state index is -1.55. The minimum absolute atomic E-state index is 0.0812. The number of ether oxygens (including phenoxy) is 1. The van der Waals surface area contributed by atoms with Crippen LogP contribution in [0, 0.1) is 11.8 Å². The highest BCUT2D eigenvalue weighted by atomic mass is 16.5. The lowest BCUT2D eigenvalue weighted by Crippen LogP contribution is -2.54. The molecule has 0 radical (unpaired) electrons. The number of rotatable bonds is 5. The van der Waals surface area contributed by atoms with Crippen molar-refractivity contribution in [3.8, 4) is 5.75 Å². The number of aromatic hydroxyl groups is 1.